The molecule has 13 atom stereocenters. The zero-order valence-corrected chi connectivity index (χ0v) is 35.0. The second kappa shape index (κ2) is 19.0. The van der Waals surface area contributed by atoms with Crippen LogP contribution in [0, 0.1) is 46.8 Å². The number of hydrogen-bond donors (Lipinski definition) is 2. The molecule has 0 aromatic rings. The van der Waals surface area contributed by atoms with E-state index in [1.807, 2.05) is 40.7 Å². The van der Waals surface area contributed by atoms with Crippen LogP contribution in [0.25, 0.3) is 0 Å². The standard InChI is InChI=1S/C43H71NO9/c1-14-33-41(48)52-37(28(6)20-32-16-15-29(7)42(10,11)23-32)31(9)26(4)21-34(45)27(5)18-24(2)17-25(3)19-35(50-12)38-36(51-13)22-30(8)43(49,53-38)39(46)40(47)44-33/h18,20,25-27,29-33,35-38,49H,14-17,19,21-23H2,1-13H3,(H,44,47)/b24-18+,28-20+. The maximum absolute atomic E-state index is 13.9. The predicted molar refractivity (Wildman–Crippen MR) is 206 cm³/mol. The Bertz CT molecular complexity index is 1350. The second-order valence-electron chi connectivity index (χ2n) is 17.8. The molecule has 1 saturated carbocycles. The summed E-state index contributed by atoms with van der Waals surface area (Å²) in [4.78, 5) is 55.0. The Kier molecular flexibility index (Phi) is 16.1. The smallest absolute Gasteiger partial charge is 0.329 e. The molecule has 302 valence electrons. The van der Waals surface area contributed by atoms with Crippen molar-refractivity contribution < 1.29 is 43.2 Å². The summed E-state index contributed by atoms with van der Waals surface area (Å²) < 4.78 is 24.1. The van der Waals surface area contributed by atoms with Crippen LogP contribution in [0.15, 0.2) is 23.3 Å². The van der Waals surface area contributed by atoms with Gasteiger partial charge in [0.15, 0.2) is 0 Å². The molecule has 2 fully saturated rings. The van der Waals surface area contributed by atoms with Crippen molar-refractivity contribution >= 4 is 23.4 Å². The van der Waals surface area contributed by atoms with Crippen LogP contribution in [0.2, 0.25) is 0 Å². The molecule has 2 aliphatic heterocycles. The molecule has 1 saturated heterocycles. The van der Waals surface area contributed by atoms with Crippen LogP contribution < -0.4 is 5.32 Å². The first-order chi connectivity index (χ1) is 24.7. The highest BCUT2D eigenvalue weighted by Crippen LogP contribution is 2.44. The van der Waals surface area contributed by atoms with E-state index in [2.05, 4.69) is 39.1 Å². The van der Waals surface area contributed by atoms with Crippen LogP contribution in [-0.2, 0) is 38.1 Å². The van der Waals surface area contributed by atoms with Crippen LogP contribution in [0.4, 0.5) is 0 Å². The van der Waals surface area contributed by atoms with Crippen molar-refractivity contribution in [3.05, 3.63) is 23.3 Å². The number of rotatable bonds is 5. The number of carbonyl (C=O) groups is 4. The highest BCUT2D eigenvalue weighted by molar-refractivity contribution is 6.39. The SMILES string of the molecule is CCC1NC(=O)C(=O)C2(O)OC(C(OC)CC(C)C/C(C)=C/C(C)C(=O)CC(C)C(C)C(/C(C)=C/C3CCC(C)C(C)(C)C3)OC1=O)C(OC)CC2C. The van der Waals surface area contributed by atoms with Crippen LogP contribution in [-0.4, -0.2) is 79.0 Å². The van der Waals surface area contributed by atoms with Gasteiger partial charge >= 0.3 is 5.97 Å². The Morgan fingerprint density at radius 3 is 2.17 bits per heavy atom. The third-order valence-electron chi connectivity index (χ3n) is 13.0. The van der Waals surface area contributed by atoms with Crippen molar-refractivity contribution in [2.45, 2.75) is 164 Å². The number of nitrogens with one attached hydrogen (secondary N) is 1. The minimum Gasteiger partial charge on any atom is -0.456 e. The lowest BCUT2D eigenvalue weighted by molar-refractivity contribution is -0.302. The lowest BCUT2D eigenvalue weighted by Crippen LogP contribution is -2.63. The van der Waals surface area contributed by atoms with E-state index in [4.69, 9.17) is 18.9 Å². The summed E-state index contributed by atoms with van der Waals surface area (Å²) in [6.07, 6.45) is 6.80. The van der Waals surface area contributed by atoms with Gasteiger partial charge in [-0.2, -0.15) is 0 Å². The van der Waals surface area contributed by atoms with E-state index in [0.29, 0.717) is 31.1 Å². The van der Waals surface area contributed by atoms with Gasteiger partial charge in [0.25, 0.3) is 11.7 Å². The Labute approximate surface area is 319 Å². The van der Waals surface area contributed by atoms with Crippen molar-refractivity contribution in [1.82, 2.24) is 5.32 Å². The number of methoxy groups -OCH3 is 2. The summed E-state index contributed by atoms with van der Waals surface area (Å²) in [5.74, 6) is -5.72. The molecule has 1 aliphatic carbocycles. The van der Waals surface area contributed by atoms with E-state index in [1.165, 1.54) is 0 Å². The van der Waals surface area contributed by atoms with E-state index in [0.717, 1.165) is 30.4 Å². The van der Waals surface area contributed by atoms with Crippen molar-refractivity contribution in [1.29, 1.82) is 0 Å². The van der Waals surface area contributed by atoms with E-state index < -0.39 is 59.8 Å². The number of esters is 1. The lowest BCUT2D eigenvalue weighted by atomic mass is 9.65. The fourth-order valence-electron chi connectivity index (χ4n) is 8.81. The summed E-state index contributed by atoms with van der Waals surface area (Å²) >= 11 is 0. The monoisotopic (exact) mass is 746 g/mol. The number of ketones is 2. The van der Waals surface area contributed by atoms with Crippen molar-refractivity contribution in [3.63, 3.8) is 0 Å². The first-order valence-corrected chi connectivity index (χ1v) is 20.1. The quantitative estimate of drug-likeness (QED) is 0.171. The van der Waals surface area contributed by atoms with Gasteiger partial charge in [0.1, 0.15) is 24.0 Å². The summed E-state index contributed by atoms with van der Waals surface area (Å²) in [6.45, 7) is 22.3. The van der Waals surface area contributed by atoms with Gasteiger partial charge in [0.2, 0.25) is 5.79 Å². The van der Waals surface area contributed by atoms with Crippen molar-refractivity contribution in [2.75, 3.05) is 14.2 Å². The fraction of sp³-hybridized carbons (Fsp3) is 0.814. The lowest BCUT2D eigenvalue weighted by Gasteiger charge is -2.46. The van der Waals surface area contributed by atoms with E-state index in [-0.39, 0.29) is 47.7 Å². The molecule has 0 radical (unpaired) electrons. The molecule has 13 unspecified atom stereocenters. The first-order valence-electron chi connectivity index (χ1n) is 20.1. The summed E-state index contributed by atoms with van der Waals surface area (Å²) in [5.41, 5.74) is 2.17. The highest BCUT2D eigenvalue weighted by Gasteiger charge is 2.55. The van der Waals surface area contributed by atoms with Gasteiger partial charge in [-0.15, -0.1) is 0 Å². The molecule has 53 heavy (non-hydrogen) atoms. The normalized spacial score (nSPS) is 41.4. The average Bonchev–Trinajstić information content (AvgIpc) is 3.09. The number of allylic oxidation sites excluding steroid dienone is 3. The van der Waals surface area contributed by atoms with Crippen LogP contribution in [0.3, 0.4) is 0 Å². The zero-order chi connectivity index (χ0) is 40.0. The molecule has 2 N–H and O–H groups in total. The van der Waals surface area contributed by atoms with Crippen molar-refractivity contribution in [2.24, 2.45) is 46.8 Å². The van der Waals surface area contributed by atoms with Crippen LogP contribution in [0.1, 0.15) is 128 Å². The number of fused-ring (bicyclic) bond motifs is 2. The van der Waals surface area contributed by atoms with Crippen LogP contribution in [0.5, 0.6) is 0 Å². The molecule has 0 spiro atoms. The average molecular weight is 746 g/mol. The predicted octanol–water partition coefficient (Wildman–Crippen LogP) is 7.16. The molecule has 3 rings (SSSR count). The highest BCUT2D eigenvalue weighted by atomic mass is 16.7. The summed E-state index contributed by atoms with van der Waals surface area (Å²) in [7, 11) is 3.09. The van der Waals surface area contributed by atoms with Crippen LogP contribution >= 0.6 is 0 Å². The fourth-order valence-corrected chi connectivity index (χ4v) is 8.81. The molecule has 1 amide bonds. The first kappa shape index (κ1) is 45.0. The van der Waals surface area contributed by atoms with E-state index in [1.54, 1.807) is 28.1 Å². The van der Waals surface area contributed by atoms with Gasteiger partial charge in [0.05, 0.1) is 12.2 Å². The molecule has 0 aromatic carbocycles. The number of hydrogen-bond acceptors (Lipinski definition) is 9. The van der Waals surface area contributed by atoms with Crippen molar-refractivity contribution in [3.8, 4) is 0 Å². The largest absolute Gasteiger partial charge is 0.456 e. The van der Waals surface area contributed by atoms with Gasteiger partial charge in [0, 0.05) is 38.4 Å². The molecule has 2 bridgehead atoms. The minimum atomic E-state index is -2.46. The maximum atomic E-state index is 13.9. The second-order valence-corrected chi connectivity index (χ2v) is 17.8. The van der Waals surface area contributed by atoms with Gasteiger partial charge in [-0.05, 0) is 93.5 Å². The third-order valence-corrected chi connectivity index (χ3v) is 13.0. The molecule has 0 aromatic heterocycles. The Morgan fingerprint density at radius 1 is 0.962 bits per heavy atom. The minimum absolute atomic E-state index is 0.0982. The number of amides is 1. The Morgan fingerprint density at radius 2 is 1.58 bits per heavy atom. The number of aliphatic hydroxyl groups is 1. The number of carbonyl (C=O) groups excluding carboxylic acids is 4. The molecule has 3 aliphatic rings. The van der Waals surface area contributed by atoms with E-state index in [9.17, 15) is 24.3 Å². The zero-order valence-electron chi connectivity index (χ0n) is 35.0. The van der Waals surface area contributed by atoms with Gasteiger partial charge in [-0.1, -0.05) is 80.0 Å². The molecular formula is C43H71NO9. The molecule has 2 heterocycles. The third kappa shape index (κ3) is 11.1. The Hall–Kier alpha value is -2.40. The van der Waals surface area contributed by atoms with Gasteiger partial charge in [-0.3, -0.25) is 14.4 Å². The molecule has 10 heteroatoms. The summed E-state index contributed by atoms with van der Waals surface area (Å²) in [5, 5.41) is 14.4. The molecular weight excluding hydrogens is 674 g/mol. The topological polar surface area (TPSA) is 137 Å². The Balaban J connectivity index is 2.05. The van der Waals surface area contributed by atoms with E-state index >= 15 is 0 Å². The van der Waals surface area contributed by atoms with Gasteiger partial charge < -0.3 is 29.4 Å². The number of cyclic esters (lactones) is 1. The number of ether oxygens (including phenoxy) is 4. The maximum Gasteiger partial charge on any atom is 0.329 e. The number of Topliss-reactive ketones (excluding diaryl/α,β-unsaturated/α-hetero) is 2. The van der Waals surface area contributed by atoms with Gasteiger partial charge in [-0.25, -0.2) is 4.79 Å². The summed E-state index contributed by atoms with van der Waals surface area (Å²) in [6, 6.07) is -1.15. The molecule has 10 nitrogen and oxygen atoms in total.